The molecule has 0 heterocycles. The molecule has 4 heteroatoms. The van der Waals surface area contributed by atoms with Gasteiger partial charge in [0.25, 0.3) is 0 Å². The first-order valence-corrected chi connectivity index (χ1v) is 6.01. The van der Waals surface area contributed by atoms with Crippen LogP contribution in [0.3, 0.4) is 0 Å². The second kappa shape index (κ2) is 7.48. The summed E-state index contributed by atoms with van der Waals surface area (Å²) < 4.78 is 4.47. The Kier molecular flexibility index (Phi) is 5.91. The van der Waals surface area contributed by atoms with E-state index in [4.69, 9.17) is 0 Å². The molecule has 0 aliphatic rings. The molecule has 1 amide bonds. The summed E-state index contributed by atoms with van der Waals surface area (Å²) in [6, 6.07) is 8.18. The third-order valence-corrected chi connectivity index (χ3v) is 2.60. The molecule has 4 nitrogen and oxygen atoms in total. The van der Waals surface area contributed by atoms with Gasteiger partial charge < -0.3 is 10.1 Å². The van der Waals surface area contributed by atoms with Crippen LogP contribution in [-0.4, -0.2) is 25.5 Å². The van der Waals surface area contributed by atoms with Crippen LogP contribution in [0.5, 0.6) is 0 Å². The molecule has 1 aromatic carbocycles. The zero-order valence-electron chi connectivity index (χ0n) is 10.9. The Morgan fingerprint density at radius 2 is 2.06 bits per heavy atom. The molecule has 0 spiro atoms. The average Bonchev–Trinajstić information content (AvgIpc) is 2.36. The van der Waals surface area contributed by atoms with E-state index in [9.17, 15) is 9.59 Å². The molecule has 0 unspecified atom stereocenters. The molecular formula is C14H19NO3. The summed E-state index contributed by atoms with van der Waals surface area (Å²) in [5.74, 6) is -0.475. The monoisotopic (exact) mass is 249 g/mol. The molecule has 0 saturated heterocycles. The van der Waals surface area contributed by atoms with Crippen molar-refractivity contribution in [3.63, 3.8) is 0 Å². The fourth-order valence-corrected chi connectivity index (χ4v) is 1.62. The molecule has 0 radical (unpaired) electrons. The van der Waals surface area contributed by atoms with Gasteiger partial charge in [0.1, 0.15) is 0 Å². The highest BCUT2D eigenvalue weighted by atomic mass is 16.5. The Hall–Kier alpha value is -1.84. The van der Waals surface area contributed by atoms with E-state index in [2.05, 4.69) is 16.1 Å². The quantitative estimate of drug-likeness (QED) is 0.779. The maximum Gasteiger partial charge on any atom is 0.306 e. The van der Waals surface area contributed by atoms with Gasteiger partial charge in [-0.15, -0.1) is 0 Å². The number of amides is 1. The third kappa shape index (κ3) is 5.48. The largest absolute Gasteiger partial charge is 0.469 e. The number of hydrogen-bond acceptors (Lipinski definition) is 3. The van der Waals surface area contributed by atoms with Crippen LogP contribution in [0.4, 0.5) is 0 Å². The fraction of sp³-hybridized carbons (Fsp3) is 0.429. The van der Waals surface area contributed by atoms with Gasteiger partial charge in [0.05, 0.1) is 13.5 Å². The lowest BCUT2D eigenvalue weighted by Crippen LogP contribution is -2.26. The lowest BCUT2D eigenvalue weighted by Gasteiger charge is -2.05. The molecule has 0 aliphatic heterocycles. The number of benzene rings is 1. The van der Waals surface area contributed by atoms with Crippen molar-refractivity contribution in [2.45, 2.75) is 26.2 Å². The summed E-state index contributed by atoms with van der Waals surface area (Å²) in [6.07, 6.45) is 1.11. The molecular weight excluding hydrogens is 230 g/mol. The van der Waals surface area contributed by atoms with Gasteiger partial charge in [-0.1, -0.05) is 29.8 Å². The molecule has 0 saturated carbocycles. The van der Waals surface area contributed by atoms with E-state index >= 15 is 0 Å². The Morgan fingerprint density at radius 1 is 1.28 bits per heavy atom. The smallest absolute Gasteiger partial charge is 0.306 e. The van der Waals surface area contributed by atoms with E-state index in [1.165, 1.54) is 18.2 Å². The van der Waals surface area contributed by atoms with Crippen LogP contribution in [0, 0.1) is 6.92 Å². The Balaban J connectivity index is 2.21. The van der Waals surface area contributed by atoms with Crippen molar-refractivity contribution in [1.82, 2.24) is 5.32 Å². The fourth-order valence-electron chi connectivity index (χ4n) is 1.62. The topological polar surface area (TPSA) is 55.4 Å². The summed E-state index contributed by atoms with van der Waals surface area (Å²) in [6.45, 7) is 2.63. The van der Waals surface area contributed by atoms with E-state index in [0.717, 1.165) is 6.42 Å². The van der Waals surface area contributed by atoms with Crippen molar-refractivity contribution in [1.29, 1.82) is 0 Å². The van der Waals surface area contributed by atoms with Crippen molar-refractivity contribution < 1.29 is 14.3 Å². The Labute approximate surface area is 107 Å². The number of esters is 1. The van der Waals surface area contributed by atoms with Crippen LogP contribution >= 0.6 is 0 Å². The van der Waals surface area contributed by atoms with Gasteiger partial charge in [-0.2, -0.15) is 0 Å². The highest BCUT2D eigenvalue weighted by Gasteiger charge is 2.05. The second-order valence-electron chi connectivity index (χ2n) is 4.17. The molecule has 18 heavy (non-hydrogen) atoms. The van der Waals surface area contributed by atoms with Gasteiger partial charge in [0.2, 0.25) is 5.91 Å². The van der Waals surface area contributed by atoms with Crippen LogP contribution in [0.25, 0.3) is 0 Å². The summed E-state index contributed by atoms with van der Waals surface area (Å²) >= 11 is 0. The van der Waals surface area contributed by atoms with E-state index in [1.54, 1.807) is 0 Å². The van der Waals surface area contributed by atoms with E-state index in [-0.39, 0.29) is 24.7 Å². The van der Waals surface area contributed by atoms with Crippen molar-refractivity contribution >= 4 is 11.9 Å². The number of carbonyl (C=O) groups excluding carboxylic acids is 2. The van der Waals surface area contributed by atoms with Crippen molar-refractivity contribution in [3.05, 3.63) is 35.4 Å². The summed E-state index contributed by atoms with van der Waals surface area (Å²) in [5, 5.41) is 2.78. The number of nitrogens with one attached hydrogen (secondary N) is 1. The van der Waals surface area contributed by atoms with Gasteiger partial charge >= 0.3 is 5.97 Å². The van der Waals surface area contributed by atoms with Crippen LogP contribution in [0.15, 0.2) is 24.3 Å². The molecule has 0 aliphatic carbocycles. The van der Waals surface area contributed by atoms with Gasteiger partial charge in [-0.05, 0) is 18.9 Å². The number of aryl methyl sites for hydroxylation is 1. The number of carbonyl (C=O) groups is 2. The van der Waals surface area contributed by atoms with Gasteiger partial charge in [0.15, 0.2) is 0 Å². The molecule has 0 aromatic heterocycles. The SMILES string of the molecule is COC(=O)CCC(=O)NCCc1cccc(C)c1. The maximum atomic E-state index is 11.4. The number of rotatable bonds is 6. The molecule has 0 atom stereocenters. The predicted molar refractivity (Wildman–Crippen MR) is 69.1 cm³/mol. The first-order valence-electron chi connectivity index (χ1n) is 6.01. The van der Waals surface area contributed by atoms with Crippen LogP contribution in [-0.2, 0) is 20.7 Å². The highest BCUT2D eigenvalue weighted by molar-refractivity contribution is 5.81. The zero-order valence-corrected chi connectivity index (χ0v) is 10.9. The van der Waals surface area contributed by atoms with Crippen LogP contribution in [0.1, 0.15) is 24.0 Å². The van der Waals surface area contributed by atoms with Crippen molar-refractivity contribution in [2.24, 2.45) is 0 Å². The maximum absolute atomic E-state index is 11.4. The molecule has 0 fully saturated rings. The standard InChI is InChI=1S/C14H19NO3/c1-11-4-3-5-12(10-11)8-9-15-13(16)6-7-14(17)18-2/h3-5,10H,6-9H2,1-2H3,(H,15,16). The zero-order chi connectivity index (χ0) is 13.4. The average molecular weight is 249 g/mol. The summed E-state index contributed by atoms with van der Waals surface area (Å²) in [5.41, 5.74) is 2.41. The first-order chi connectivity index (χ1) is 8.61. The minimum atomic E-state index is -0.358. The Bertz CT molecular complexity index is 415. The van der Waals surface area contributed by atoms with Gasteiger partial charge in [0, 0.05) is 13.0 Å². The number of methoxy groups -OCH3 is 1. The Morgan fingerprint density at radius 3 is 2.72 bits per heavy atom. The normalized spacial score (nSPS) is 9.89. The van der Waals surface area contributed by atoms with Crippen LogP contribution in [0.2, 0.25) is 0 Å². The molecule has 98 valence electrons. The summed E-state index contributed by atoms with van der Waals surface area (Å²) in [4.78, 5) is 22.2. The van der Waals surface area contributed by atoms with Crippen molar-refractivity contribution in [3.8, 4) is 0 Å². The molecule has 1 aromatic rings. The minimum absolute atomic E-state index is 0.118. The highest BCUT2D eigenvalue weighted by Crippen LogP contribution is 2.04. The molecule has 1 rings (SSSR count). The number of hydrogen-bond donors (Lipinski definition) is 1. The van der Waals surface area contributed by atoms with Gasteiger partial charge in [-0.3, -0.25) is 9.59 Å². The van der Waals surface area contributed by atoms with E-state index in [1.807, 2.05) is 25.1 Å². The minimum Gasteiger partial charge on any atom is -0.469 e. The number of ether oxygens (including phenoxy) is 1. The van der Waals surface area contributed by atoms with Crippen molar-refractivity contribution in [2.75, 3.05) is 13.7 Å². The lowest BCUT2D eigenvalue weighted by molar-refractivity contribution is -0.142. The second-order valence-corrected chi connectivity index (χ2v) is 4.17. The van der Waals surface area contributed by atoms with E-state index < -0.39 is 0 Å². The third-order valence-electron chi connectivity index (χ3n) is 2.60. The lowest BCUT2D eigenvalue weighted by atomic mass is 10.1. The molecule has 0 bridgehead atoms. The van der Waals surface area contributed by atoms with Gasteiger partial charge in [-0.25, -0.2) is 0 Å². The first kappa shape index (κ1) is 14.2. The molecule has 1 N–H and O–H groups in total. The van der Waals surface area contributed by atoms with E-state index in [0.29, 0.717) is 6.54 Å². The summed E-state index contributed by atoms with van der Waals surface area (Å²) in [7, 11) is 1.32. The predicted octanol–water partition coefficient (Wildman–Crippen LogP) is 1.61. The van der Waals surface area contributed by atoms with Crippen LogP contribution < -0.4 is 5.32 Å².